The second-order valence-corrected chi connectivity index (χ2v) is 9.34. The van der Waals surface area contributed by atoms with Gasteiger partial charge in [0.2, 0.25) is 0 Å². The van der Waals surface area contributed by atoms with Gasteiger partial charge in [0.25, 0.3) is 0 Å². The number of anilines is 2. The Morgan fingerprint density at radius 2 is 1.34 bits per heavy atom. The molecule has 0 amide bonds. The van der Waals surface area contributed by atoms with Gasteiger partial charge < -0.3 is 18.9 Å². The lowest BCUT2D eigenvalue weighted by atomic mass is 10.2. The van der Waals surface area contributed by atoms with Crippen LogP contribution in [0.5, 0.6) is 0 Å². The molecule has 29 heavy (non-hydrogen) atoms. The molecule has 8 nitrogen and oxygen atoms in total. The number of hydrogen-bond donors (Lipinski definition) is 0. The van der Waals surface area contributed by atoms with E-state index in [-0.39, 0.29) is 12.2 Å². The number of nitrogens with zero attached hydrogens (tertiary/aromatic N) is 2. The van der Waals surface area contributed by atoms with E-state index in [0.717, 1.165) is 37.4 Å². The van der Waals surface area contributed by atoms with Crippen molar-refractivity contribution >= 4 is 21.6 Å². The van der Waals surface area contributed by atoms with Crippen LogP contribution in [0.2, 0.25) is 0 Å². The third kappa shape index (κ3) is 4.86. The van der Waals surface area contributed by atoms with E-state index in [4.69, 9.17) is 18.9 Å². The second-order valence-electron chi connectivity index (χ2n) is 7.56. The first-order chi connectivity index (χ1) is 14.2. The van der Waals surface area contributed by atoms with Crippen LogP contribution in [0.15, 0.2) is 24.3 Å². The molecule has 3 aliphatic heterocycles. The van der Waals surface area contributed by atoms with Crippen LogP contribution in [0.3, 0.4) is 0 Å². The molecule has 0 N–H and O–H groups in total. The fourth-order valence-electron chi connectivity index (χ4n) is 3.93. The van der Waals surface area contributed by atoms with Crippen molar-refractivity contribution in [3.05, 3.63) is 24.3 Å². The summed E-state index contributed by atoms with van der Waals surface area (Å²) >= 11 is 0. The second kappa shape index (κ2) is 9.61. The Balaban J connectivity index is 1.32. The van der Waals surface area contributed by atoms with Gasteiger partial charge in [-0.15, -0.1) is 0 Å². The minimum Gasteiger partial charge on any atom is -0.379 e. The van der Waals surface area contributed by atoms with Crippen molar-refractivity contribution in [1.29, 1.82) is 0 Å². The number of hydrogen-bond acceptors (Lipinski definition) is 6. The quantitative estimate of drug-likeness (QED) is 0.532. The van der Waals surface area contributed by atoms with Gasteiger partial charge in [-0.2, -0.15) is 8.42 Å². The van der Waals surface area contributed by atoms with E-state index in [1.54, 1.807) is 0 Å². The van der Waals surface area contributed by atoms with Crippen molar-refractivity contribution in [2.45, 2.75) is 37.9 Å². The maximum Gasteiger partial charge on any atom is 0.326 e. The molecule has 162 valence electrons. The highest BCUT2D eigenvalue weighted by atomic mass is 32.2. The fraction of sp³-hybridized carbons (Fsp3) is 0.700. The summed E-state index contributed by atoms with van der Waals surface area (Å²) in [7, 11) is -3.58. The maximum absolute atomic E-state index is 13.2. The van der Waals surface area contributed by atoms with E-state index in [0.29, 0.717) is 52.4 Å². The number of rotatable bonds is 10. The summed E-state index contributed by atoms with van der Waals surface area (Å²) in [6.07, 6.45) is 3.38. The van der Waals surface area contributed by atoms with Crippen molar-refractivity contribution in [2.24, 2.45) is 0 Å². The van der Waals surface area contributed by atoms with E-state index < -0.39 is 10.2 Å². The molecule has 0 aromatic heterocycles. The Bertz CT molecular complexity index is 705. The average molecular weight is 427 g/mol. The molecular formula is C20H30N2O6S. The summed E-state index contributed by atoms with van der Waals surface area (Å²) in [6, 6.07) is 7.48. The van der Waals surface area contributed by atoms with Crippen LogP contribution in [0.4, 0.5) is 11.4 Å². The summed E-state index contributed by atoms with van der Waals surface area (Å²) in [4.78, 5) is 0. The van der Waals surface area contributed by atoms with Gasteiger partial charge in [0.15, 0.2) is 0 Å². The smallest absolute Gasteiger partial charge is 0.326 e. The highest BCUT2D eigenvalue weighted by Gasteiger charge is 2.39. The van der Waals surface area contributed by atoms with Gasteiger partial charge in [-0.05, 0) is 37.8 Å². The molecular weight excluding hydrogens is 396 g/mol. The molecule has 9 heteroatoms. The van der Waals surface area contributed by atoms with Gasteiger partial charge in [0.05, 0.1) is 36.8 Å². The molecule has 3 aliphatic rings. The first-order valence-electron chi connectivity index (χ1n) is 10.4. The minimum absolute atomic E-state index is 0.138. The highest BCUT2D eigenvalue weighted by Crippen LogP contribution is 2.40. The van der Waals surface area contributed by atoms with Crippen LogP contribution < -0.4 is 8.61 Å². The lowest BCUT2D eigenvalue weighted by Gasteiger charge is -2.22. The van der Waals surface area contributed by atoms with Crippen LogP contribution in [0, 0.1) is 0 Å². The van der Waals surface area contributed by atoms with Gasteiger partial charge >= 0.3 is 10.2 Å². The Labute approximate surface area is 172 Å². The van der Waals surface area contributed by atoms with Crippen molar-refractivity contribution in [3.63, 3.8) is 0 Å². The zero-order chi connectivity index (χ0) is 20.1. The molecule has 1 aromatic rings. The molecule has 1 aromatic carbocycles. The summed E-state index contributed by atoms with van der Waals surface area (Å²) in [6.45, 7) is 4.61. The van der Waals surface area contributed by atoms with Crippen molar-refractivity contribution in [1.82, 2.24) is 0 Å². The van der Waals surface area contributed by atoms with Crippen LogP contribution in [0.25, 0.3) is 0 Å². The van der Waals surface area contributed by atoms with Crippen molar-refractivity contribution < 1.29 is 27.4 Å². The predicted molar refractivity (Wildman–Crippen MR) is 110 cm³/mol. The van der Waals surface area contributed by atoms with Crippen LogP contribution in [0.1, 0.15) is 25.7 Å². The predicted octanol–water partition coefficient (Wildman–Crippen LogP) is 1.95. The molecule has 0 spiro atoms. The lowest BCUT2D eigenvalue weighted by molar-refractivity contribution is 0.0424. The summed E-state index contributed by atoms with van der Waals surface area (Å²) in [5, 5.41) is 0. The minimum atomic E-state index is -3.58. The Morgan fingerprint density at radius 3 is 1.76 bits per heavy atom. The standard InChI is InChI=1S/C20H30N2O6S/c23-29(24)21(9-3-11-27-17-7-13-25-15-17)19-5-1-2-6-20(19)22(29)10-4-12-28-18-8-14-26-16-18/h1-2,5-6,17-18H,3-4,7-16H2. The molecule has 2 atom stereocenters. The highest BCUT2D eigenvalue weighted by molar-refractivity contribution is 7.94. The monoisotopic (exact) mass is 426 g/mol. The summed E-state index contributed by atoms with van der Waals surface area (Å²) < 4.78 is 51.6. The zero-order valence-corrected chi connectivity index (χ0v) is 17.5. The topological polar surface area (TPSA) is 77.5 Å². The molecule has 0 bridgehead atoms. The zero-order valence-electron chi connectivity index (χ0n) is 16.7. The normalized spacial score (nSPS) is 25.7. The van der Waals surface area contributed by atoms with Gasteiger partial charge in [-0.25, -0.2) is 0 Å². The Hall–Kier alpha value is -1.39. The largest absolute Gasteiger partial charge is 0.379 e. The molecule has 0 aliphatic carbocycles. The van der Waals surface area contributed by atoms with Gasteiger partial charge in [-0.1, -0.05) is 12.1 Å². The Morgan fingerprint density at radius 1 is 0.862 bits per heavy atom. The van der Waals surface area contributed by atoms with E-state index in [1.807, 2.05) is 24.3 Å². The van der Waals surface area contributed by atoms with Gasteiger partial charge in [0.1, 0.15) is 0 Å². The van der Waals surface area contributed by atoms with Crippen molar-refractivity contribution in [2.75, 3.05) is 61.3 Å². The molecule has 2 saturated heterocycles. The number of para-hydroxylation sites is 2. The molecule has 0 saturated carbocycles. The lowest BCUT2D eigenvalue weighted by Crippen LogP contribution is -2.39. The van der Waals surface area contributed by atoms with Gasteiger partial charge in [-0.3, -0.25) is 8.61 Å². The van der Waals surface area contributed by atoms with Crippen molar-refractivity contribution in [3.8, 4) is 0 Å². The van der Waals surface area contributed by atoms with Gasteiger partial charge in [0, 0.05) is 39.5 Å². The summed E-state index contributed by atoms with van der Waals surface area (Å²) in [5.41, 5.74) is 1.48. The Kier molecular flexibility index (Phi) is 6.92. The first-order valence-corrected chi connectivity index (χ1v) is 11.8. The fourth-order valence-corrected chi connectivity index (χ4v) is 5.69. The molecule has 4 rings (SSSR count). The van der Waals surface area contributed by atoms with E-state index in [1.165, 1.54) is 8.61 Å². The molecule has 2 fully saturated rings. The number of fused-ring (bicyclic) bond motifs is 1. The third-order valence-corrected chi connectivity index (χ3v) is 7.34. The van der Waals surface area contributed by atoms with E-state index >= 15 is 0 Å². The third-order valence-electron chi connectivity index (χ3n) is 5.47. The molecule has 0 radical (unpaired) electrons. The maximum atomic E-state index is 13.2. The van der Waals surface area contributed by atoms with Crippen LogP contribution >= 0.6 is 0 Å². The summed E-state index contributed by atoms with van der Waals surface area (Å²) in [5.74, 6) is 0. The van der Waals surface area contributed by atoms with E-state index in [9.17, 15) is 8.42 Å². The van der Waals surface area contributed by atoms with Crippen LogP contribution in [-0.2, 0) is 29.2 Å². The molecule has 2 unspecified atom stereocenters. The SMILES string of the molecule is O=S1(=O)N(CCCOC2CCOC2)c2ccccc2N1CCCOC1CCOC1. The van der Waals surface area contributed by atoms with E-state index in [2.05, 4.69) is 0 Å². The number of benzene rings is 1. The number of ether oxygens (including phenoxy) is 4. The van der Waals surface area contributed by atoms with Crippen LogP contribution in [-0.4, -0.2) is 73.4 Å². The average Bonchev–Trinajstić information content (AvgIpc) is 3.45. The first kappa shape index (κ1) is 20.9. The molecule has 3 heterocycles.